The molecule has 0 aromatic rings. The molecule has 20 heavy (non-hydrogen) atoms. The largest absolute Gasteiger partial charge is 0.353 e. The van der Waals surface area contributed by atoms with Gasteiger partial charge in [-0.25, -0.2) is 0 Å². The van der Waals surface area contributed by atoms with Crippen molar-refractivity contribution in [1.29, 1.82) is 0 Å². The Bertz CT molecular complexity index is 405. The zero-order valence-corrected chi connectivity index (χ0v) is 12.6. The van der Waals surface area contributed by atoms with E-state index in [0.717, 1.165) is 19.3 Å². The topological polar surface area (TPSA) is 49.4 Å². The van der Waals surface area contributed by atoms with E-state index in [1.807, 2.05) is 4.90 Å². The van der Waals surface area contributed by atoms with Crippen molar-refractivity contribution < 1.29 is 9.59 Å². The molecule has 1 saturated heterocycles. The number of carbonyl (C=O) groups excluding carboxylic acids is 2. The molecule has 4 unspecified atom stereocenters. The van der Waals surface area contributed by atoms with Gasteiger partial charge in [-0.15, -0.1) is 0 Å². The van der Waals surface area contributed by atoms with Crippen molar-refractivity contribution in [3.05, 3.63) is 0 Å². The molecule has 2 saturated carbocycles. The molecule has 3 rings (SSSR count). The summed E-state index contributed by atoms with van der Waals surface area (Å²) in [6, 6.07) is 0.741. The molecule has 4 atom stereocenters. The zero-order valence-electron chi connectivity index (χ0n) is 12.6. The number of likely N-dealkylation sites (tertiary alicyclic amines) is 1. The molecule has 0 spiro atoms. The van der Waals surface area contributed by atoms with E-state index in [4.69, 9.17) is 0 Å². The number of amides is 2. The maximum absolute atomic E-state index is 12.4. The third kappa shape index (κ3) is 2.70. The van der Waals surface area contributed by atoms with Crippen LogP contribution in [0.3, 0.4) is 0 Å². The number of hydrogen-bond acceptors (Lipinski definition) is 2. The minimum Gasteiger partial charge on any atom is -0.353 e. The van der Waals surface area contributed by atoms with Crippen LogP contribution in [0.25, 0.3) is 0 Å². The van der Waals surface area contributed by atoms with Gasteiger partial charge in [0.2, 0.25) is 11.8 Å². The van der Waals surface area contributed by atoms with Crippen molar-refractivity contribution in [2.75, 3.05) is 6.54 Å². The van der Waals surface area contributed by atoms with Crippen LogP contribution in [0.1, 0.15) is 52.4 Å². The van der Waals surface area contributed by atoms with E-state index in [9.17, 15) is 9.59 Å². The van der Waals surface area contributed by atoms with Crippen molar-refractivity contribution in [3.8, 4) is 0 Å². The van der Waals surface area contributed by atoms with Crippen molar-refractivity contribution in [1.82, 2.24) is 10.2 Å². The van der Waals surface area contributed by atoms with E-state index in [-0.39, 0.29) is 17.7 Å². The van der Waals surface area contributed by atoms with Gasteiger partial charge in [-0.2, -0.15) is 0 Å². The standard InChI is InChI=1S/C16H26N2O2/c1-10-4-3-5-14(11(10)2)17-16(20)12-8-15(19)18(9-12)13-6-7-13/h10-14H,3-9H2,1-2H3,(H,17,20). The van der Waals surface area contributed by atoms with E-state index in [2.05, 4.69) is 19.2 Å². The molecule has 0 bridgehead atoms. The normalized spacial score (nSPS) is 38.1. The summed E-state index contributed by atoms with van der Waals surface area (Å²) in [6.45, 7) is 5.16. The fourth-order valence-corrected chi connectivity index (χ4v) is 3.73. The van der Waals surface area contributed by atoms with Crippen LogP contribution in [-0.4, -0.2) is 35.3 Å². The average molecular weight is 278 g/mol. The highest BCUT2D eigenvalue weighted by Gasteiger charge is 2.42. The van der Waals surface area contributed by atoms with Gasteiger partial charge in [0.1, 0.15) is 0 Å². The predicted molar refractivity (Wildman–Crippen MR) is 77.0 cm³/mol. The molecule has 0 aromatic heterocycles. The van der Waals surface area contributed by atoms with Gasteiger partial charge in [0.25, 0.3) is 0 Å². The van der Waals surface area contributed by atoms with Crippen molar-refractivity contribution in [3.63, 3.8) is 0 Å². The summed E-state index contributed by atoms with van der Waals surface area (Å²) in [6.07, 6.45) is 6.22. The molecule has 0 radical (unpaired) electrons. The Balaban J connectivity index is 1.55. The molecule has 2 amide bonds. The van der Waals surface area contributed by atoms with Gasteiger partial charge in [-0.3, -0.25) is 9.59 Å². The van der Waals surface area contributed by atoms with E-state index in [1.165, 1.54) is 12.8 Å². The Kier molecular flexibility index (Phi) is 3.74. The minimum atomic E-state index is -0.118. The Morgan fingerprint density at radius 2 is 1.95 bits per heavy atom. The number of rotatable bonds is 3. The maximum Gasteiger partial charge on any atom is 0.225 e. The molecule has 112 valence electrons. The van der Waals surface area contributed by atoms with E-state index in [0.29, 0.717) is 36.9 Å². The lowest BCUT2D eigenvalue weighted by molar-refractivity contribution is -0.129. The summed E-state index contributed by atoms with van der Waals surface area (Å²) < 4.78 is 0. The van der Waals surface area contributed by atoms with Gasteiger partial charge in [-0.05, 0) is 31.1 Å². The summed E-state index contributed by atoms with van der Waals surface area (Å²) in [5.74, 6) is 1.39. The Hall–Kier alpha value is -1.06. The van der Waals surface area contributed by atoms with Gasteiger partial charge < -0.3 is 10.2 Å². The second-order valence-corrected chi connectivity index (χ2v) is 7.06. The zero-order chi connectivity index (χ0) is 14.3. The van der Waals surface area contributed by atoms with Crippen LogP contribution in [-0.2, 0) is 9.59 Å². The highest BCUT2D eigenvalue weighted by molar-refractivity contribution is 5.89. The van der Waals surface area contributed by atoms with Crippen LogP contribution in [0.4, 0.5) is 0 Å². The molecular weight excluding hydrogens is 252 g/mol. The Morgan fingerprint density at radius 3 is 2.65 bits per heavy atom. The summed E-state index contributed by atoms with van der Waals surface area (Å²) in [7, 11) is 0. The molecule has 1 heterocycles. The summed E-state index contributed by atoms with van der Waals surface area (Å²) in [5, 5.41) is 3.22. The quantitative estimate of drug-likeness (QED) is 0.857. The van der Waals surface area contributed by atoms with Crippen LogP contribution >= 0.6 is 0 Å². The predicted octanol–water partition coefficient (Wildman–Crippen LogP) is 1.94. The van der Waals surface area contributed by atoms with Gasteiger partial charge in [0.05, 0.1) is 5.92 Å². The monoisotopic (exact) mass is 278 g/mol. The van der Waals surface area contributed by atoms with Crippen LogP contribution in [0.2, 0.25) is 0 Å². The van der Waals surface area contributed by atoms with E-state index < -0.39 is 0 Å². The minimum absolute atomic E-state index is 0.104. The van der Waals surface area contributed by atoms with Crippen LogP contribution in [0, 0.1) is 17.8 Å². The molecule has 4 heteroatoms. The van der Waals surface area contributed by atoms with Gasteiger partial charge in [0, 0.05) is 25.0 Å². The first-order chi connectivity index (χ1) is 9.56. The number of hydrogen-bond donors (Lipinski definition) is 1. The second kappa shape index (κ2) is 5.38. The van der Waals surface area contributed by atoms with E-state index >= 15 is 0 Å². The molecule has 0 aromatic carbocycles. The van der Waals surface area contributed by atoms with Gasteiger partial charge in [-0.1, -0.05) is 26.7 Å². The summed E-state index contributed by atoms with van der Waals surface area (Å²) in [5.41, 5.74) is 0. The van der Waals surface area contributed by atoms with Crippen molar-refractivity contribution >= 4 is 11.8 Å². The van der Waals surface area contributed by atoms with Crippen LogP contribution in [0.5, 0.6) is 0 Å². The summed E-state index contributed by atoms with van der Waals surface area (Å²) in [4.78, 5) is 26.3. The lowest BCUT2D eigenvalue weighted by atomic mass is 9.78. The van der Waals surface area contributed by atoms with Gasteiger partial charge >= 0.3 is 0 Å². The molecule has 1 aliphatic heterocycles. The number of carbonyl (C=O) groups is 2. The van der Waals surface area contributed by atoms with Crippen LogP contribution < -0.4 is 5.32 Å². The third-order valence-electron chi connectivity index (χ3n) is 5.55. The molecule has 3 aliphatic rings. The van der Waals surface area contributed by atoms with Crippen molar-refractivity contribution in [2.24, 2.45) is 17.8 Å². The number of nitrogens with one attached hydrogen (secondary N) is 1. The molecular formula is C16H26N2O2. The first-order valence-corrected chi connectivity index (χ1v) is 8.16. The van der Waals surface area contributed by atoms with Gasteiger partial charge in [0.15, 0.2) is 0 Å². The lowest BCUT2D eigenvalue weighted by Crippen LogP contribution is -2.46. The fourth-order valence-electron chi connectivity index (χ4n) is 3.73. The molecule has 3 fully saturated rings. The average Bonchev–Trinajstić information content (AvgIpc) is 3.18. The highest BCUT2D eigenvalue weighted by Crippen LogP contribution is 2.33. The van der Waals surface area contributed by atoms with Crippen molar-refractivity contribution in [2.45, 2.75) is 64.5 Å². The first-order valence-electron chi connectivity index (χ1n) is 8.16. The Labute approximate surface area is 121 Å². The molecule has 1 N–H and O–H groups in total. The lowest BCUT2D eigenvalue weighted by Gasteiger charge is -2.35. The molecule has 2 aliphatic carbocycles. The highest BCUT2D eigenvalue weighted by atomic mass is 16.2. The fraction of sp³-hybridized carbons (Fsp3) is 0.875. The second-order valence-electron chi connectivity index (χ2n) is 7.06. The third-order valence-corrected chi connectivity index (χ3v) is 5.55. The van der Waals surface area contributed by atoms with Crippen LogP contribution in [0.15, 0.2) is 0 Å². The maximum atomic E-state index is 12.4. The smallest absolute Gasteiger partial charge is 0.225 e. The van der Waals surface area contributed by atoms with E-state index in [1.54, 1.807) is 0 Å². The first kappa shape index (κ1) is 13.9. The SMILES string of the molecule is CC1CCCC(NC(=O)C2CC(=O)N(C3CC3)C2)C1C. The Morgan fingerprint density at radius 1 is 1.20 bits per heavy atom. The molecule has 4 nitrogen and oxygen atoms in total. The number of nitrogens with zero attached hydrogens (tertiary/aromatic N) is 1. The summed E-state index contributed by atoms with van der Waals surface area (Å²) >= 11 is 0.